The Labute approximate surface area is 92.5 Å². The molecule has 1 aromatic rings. The van der Waals surface area contributed by atoms with Crippen LogP contribution in [-0.4, -0.2) is 6.61 Å². The molecule has 0 radical (unpaired) electrons. The Morgan fingerprint density at radius 3 is 2.93 bits per heavy atom. The first-order chi connectivity index (χ1) is 7.35. The number of aryl methyl sites for hydroxylation is 1. The van der Waals surface area contributed by atoms with Crippen LogP contribution in [0.2, 0.25) is 0 Å². The summed E-state index contributed by atoms with van der Waals surface area (Å²) in [6.07, 6.45) is 4.78. The third kappa shape index (κ3) is 2.17. The molecule has 1 heteroatoms. The van der Waals surface area contributed by atoms with Crippen LogP contribution in [0.4, 0.5) is 0 Å². The van der Waals surface area contributed by atoms with Crippen LogP contribution in [0.3, 0.4) is 0 Å². The van der Waals surface area contributed by atoms with Crippen molar-refractivity contribution < 1.29 is 4.74 Å². The first kappa shape index (κ1) is 10.5. The van der Waals surface area contributed by atoms with E-state index < -0.39 is 0 Å². The molecule has 1 aliphatic rings. The molecule has 1 aliphatic heterocycles. The summed E-state index contributed by atoms with van der Waals surface area (Å²) in [5.41, 5.74) is 2.80. The zero-order valence-corrected chi connectivity index (χ0v) is 9.75. The van der Waals surface area contributed by atoms with E-state index in [4.69, 9.17) is 4.74 Å². The molecule has 0 N–H and O–H groups in total. The van der Waals surface area contributed by atoms with Crippen molar-refractivity contribution >= 4 is 0 Å². The van der Waals surface area contributed by atoms with Gasteiger partial charge in [-0.2, -0.15) is 0 Å². The summed E-state index contributed by atoms with van der Waals surface area (Å²) in [7, 11) is 0. The summed E-state index contributed by atoms with van der Waals surface area (Å²) in [6, 6.07) is 6.74. The Bertz CT molecular complexity index is 330. The Balaban J connectivity index is 2.36. The van der Waals surface area contributed by atoms with E-state index >= 15 is 0 Å². The maximum absolute atomic E-state index is 5.82. The van der Waals surface area contributed by atoms with Gasteiger partial charge in [-0.25, -0.2) is 0 Å². The minimum Gasteiger partial charge on any atom is -0.493 e. The second-order valence-corrected chi connectivity index (χ2v) is 4.32. The molecule has 82 valence electrons. The van der Waals surface area contributed by atoms with Crippen LogP contribution < -0.4 is 4.74 Å². The number of fused-ring (bicyclic) bond motifs is 1. The zero-order valence-electron chi connectivity index (χ0n) is 9.75. The van der Waals surface area contributed by atoms with E-state index in [2.05, 4.69) is 32.0 Å². The Morgan fingerprint density at radius 2 is 2.20 bits per heavy atom. The lowest BCUT2D eigenvalue weighted by Crippen LogP contribution is -1.97. The van der Waals surface area contributed by atoms with Crippen LogP contribution in [0.5, 0.6) is 5.75 Å². The molecule has 0 saturated carbocycles. The molecule has 1 aromatic carbocycles. The highest BCUT2D eigenvalue weighted by Gasteiger charge is 2.18. The molecule has 0 spiro atoms. The molecule has 1 nitrogen and oxygen atoms in total. The number of hydrogen-bond acceptors (Lipinski definition) is 1. The lowest BCUT2D eigenvalue weighted by molar-refractivity contribution is 0.315. The van der Waals surface area contributed by atoms with E-state index in [0.717, 1.165) is 18.8 Å². The van der Waals surface area contributed by atoms with Gasteiger partial charge in [0.25, 0.3) is 0 Å². The molecule has 0 saturated heterocycles. The lowest BCUT2D eigenvalue weighted by atomic mass is 9.91. The van der Waals surface area contributed by atoms with Crippen LogP contribution in [0.25, 0.3) is 0 Å². The molecule has 1 heterocycles. The standard InChI is InChI=1S/C14H20O/c1-3-11-7-8-13-12(4-2)6-5-9-15-14(13)10-11/h7-8,10,12H,3-6,9H2,1-2H3. The molecule has 0 bridgehead atoms. The smallest absolute Gasteiger partial charge is 0.123 e. The maximum Gasteiger partial charge on any atom is 0.123 e. The highest BCUT2D eigenvalue weighted by Crippen LogP contribution is 2.35. The van der Waals surface area contributed by atoms with Gasteiger partial charge in [0, 0.05) is 0 Å². The minimum absolute atomic E-state index is 0.702. The lowest BCUT2D eigenvalue weighted by Gasteiger charge is -2.15. The Morgan fingerprint density at radius 1 is 1.33 bits per heavy atom. The van der Waals surface area contributed by atoms with Gasteiger partial charge in [0.1, 0.15) is 5.75 Å². The van der Waals surface area contributed by atoms with Crippen LogP contribution in [0, 0.1) is 0 Å². The van der Waals surface area contributed by atoms with Crippen molar-refractivity contribution in [2.24, 2.45) is 0 Å². The molecule has 1 atom stereocenters. The first-order valence-corrected chi connectivity index (χ1v) is 6.10. The largest absolute Gasteiger partial charge is 0.493 e. The van der Waals surface area contributed by atoms with Gasteiger partial charge < -0.3 is 4.74 Å². The highest BCUT2D eigenvalue weighted by atomic mass is 16.5. The summed E-state index contributed by atoms with van der Waals surface area (Å²) in [5, 5.41) is 0. The van der Waals surface area contributed by atoms with E-state index in [1.165, 1.54) is 30.4 Å². The van der Waals surface area contributed by atoms with Gasteiger partial charge in [-0.1, -0.05) is 26.0 Å². The van der Waals surface area contributed by atoms with Gasteiger partial charge in [-0.05, 0) is 48.8 Å². The molecule has 2 rings (SSSR count). The quantitative estimate of drug-likeness (QED) is 0.709. The maximum atomic E-state index is 5.82. The van der Waals surface area contributed by atoms with Crippen molar-refractivity contribution in [1.82, 2.24) is 0 Å². The van der Waals surface area contributed by atoms with E-state index in [1.54, 1.807) is 0 Å². The van der Waals surface area contributed by atoms with Gasteiger partial charge in [0.2, 0.25) is 0 Å². The number of rotatable bonds is 2. The minimum atomic E-state index is 0.702. The van der Waals surface area contributed by atoms with Gasteiger partial charge in [0.05, 0.1) is 6.61 Å². The molecule has 0 aromatic heterocycles. The first-order valence-electron chi connectivity index (χ1n) is 6.10. The molecule has 15 heavy (non-hydrogen) atoms. The fourth-order valence-corrected chi connectivity index (χ4v) is 2.35. The van der Waals surface area contributed by atoms with Crippen molar-refractivity contribution in [3.8, 4) is 5.75 Å². The number of hydrogen-bond donors (Lipinski definition) is 0. The normalized spacial score (nSPS) is 20.3. The van der Waals surface area contributed by atoms with Crippen LogP contribution >= 0.6 is 0 Å². The van der Waals surface area contributed by atoms with Gasteiger partial charge >= 0.3 is 0 Å². The van der Waals surface area contributed by atoms with Crippen LogP contribution in [0.1, 0.15) is 50.2 Å². The van der Waals surface area contributed by atoms with E-state index in [1.807, 2.05) is 0 Å². The summed E-state index contributed by atoms with van der Waals surface area (Å²) < 4.78 is 5.82. The summed E-state index contributed by atoms with van der Waals surface area (Å²) >= 11 is 0. The van der Waals surface area contributed by atoms with Gasteiger partial charge in [-0.15, -0.1) is 0 Å². The van der Waals surface area contributed by atoms with Crippen molar-refractivity contribution in [2.45, 2.75) is 45.4 Å². The number of benzene rings is 1. The topological polar surface area (TPSA) is 9.23 Å². The Kier molecular flexibility index (Phi) is 3.30. The monoisotopic (exact) mass is 204 g/mol. The summed E-state index contributed by atoms with van der Waals surface area (Å²) in [4.78, 5) is 0. The molecular formula is C14H20O. The predicted molar refractivity (Wildman–Crippen MR) is 63.6 cm³/mol. The Hall–Kier alpha value is -0.980. The summed E-state index contributed by atoms with van der Waals surface area (Å²) in [6.45, 7) is 5.35. The average molecular weight is 204 g/mol. The van der Waals surface area contributed by atoms with E-state index in [0.29, 0.717) is 5.92 Å². The van der Waals surface area contributed by atoms with Crippen molar-refractivity contribution in [3.05, 3.63) is 29.3 Å². The van der Waals surface area contributed by atoms with Crippen molar-refractivity contribution in [1.29, 1.82) is 0 Å². The molecule has 0 aliphatic carbocycles. The molecule has 0 fully saturated rings. The second kappa shape index (κ2) is 4.69. The third-order valence-corrected chi connectivity index (χ3v) is 3.37. The average Bonchev–Trinajstić information content (AvgIpc) is 2.49. The third-order valence-electron chi connectivity index (χ3n) is 3.37. The van der Waals surface area contributed by atoms with Crippen molar-refractivity contribution in [2.75, 3.05) is 6.61 Å². The number of ether oxygens (including phenoxy) is 1. The summed E-state index contributed by atoms with van der Waals surface area (Å²) in [5.74, 6) is 1.84. The second-order valence-electron chi connectivity index (χ2n) is 4.32. The van der Waals surface area contributed by atoms with E-state index in [-0.39, 0.29) is 0 Å². The molecule has 1 unspecified atom stereocenters. The fraction of sp³-hybridized carbons (Fsp3) is 0.571. The van der Waals surface area contributed by atoms with Gasteiger partial charge in [-0.3, -0.25) is 0 Å². The van der Waals surface area contributed by atoms with Crippen LogP contribution in [-0.2, 0) is 6.42 Å². The zero-order chi connectivity index (χ0) is 10.7. The van der Waals surface area contributed by atoms with E-state index in [9.17, 15) is 0 Å². The van der Waals surface area contributed by atoms with Gasteiger partial charge in [0.15, 0.2) is 0 Å². The fourth-order valence-electron chi connectivity index (χ4n) is 2.35. The van der Waals surface area contributed by atoms with Crippen molar-refractivity contribution in [3.63, 3.8) is 0 Å². The predicted octanol–water partition coefficient (Wildman–Crippen LogP) is 3.92. The van der Waals surface area contributed by atoms with Crippen LogP contribution in [0.15, 0.2) is 18.2 Å². The SMILES string of the molecule is CCc1ccc2c(c1)OCCCC2CC. The molecule has 0 amide bonds. The molecular weight excluding hydrogens is 184 g/mol. The highest BCUT2D eigenvalue weighted by molar-refractivity contribution is 5.40.